The van der Waals surface area contributed by atoms with Crippen molar-refractivity contribution in [3.05, 3.63) is 58.1 Å². The molecule has 0 aliphatic carbocycles. The highest BCUT2D eigenvalue weighted by Gasteiger charge is 2.21. The Kier molecular flexibility index (Phi) is 7.35. The number of hydrogen-bond acceptors (Lipinski definition) is 4. The molecule has 6 nitrogen and oxygen atoms in total. The third-order valence-electron chi connectivity index (χ3n) is 3.56. The largest absolute Gasteiger partial charge is 0.492 e. The van der Waals surface area contributed by atoms with E-state index in [1.807, 2.05) is 31.2 Å². The van der Waals surface area contributed by atoms with Gasteiger partial charge in [0.15, 0.2) is 0 Å². The molecule has 0 radical (unpaired) electrons. The molecule has 1 amide bonds. The SMILES string of the molecule is Cc1cccc(OCCNC(=O)CN(c2ccc(Cl)c(Cl)c2)S(C)(=O)=O)c1. The van der Waals surface area contributed by atoms with E-state index in [1.165, 1.54) is 18.2 Å². The number of sulfonamides is 1. The first-order valence-corrected chi connectivity index (χ1v) is 10.7. The number of carbonyl (C=O) groups is 1. The van der Waals surface area contributed by atoms with Crippen LogP contribution in [-0.2, 0) is 14.8 Å². The third kappa shape index (κ3) is 6.61. The van der Waals surface area contributed by atoms with Crippen LogP contribution in [0.3, 0.4) is 0 Å². The van der Waals surface area contributed by atoms with Gasteiger partial charge < -0.3 is 10.1 Å². The molecule has 2 aromatic rings. The monoisotopic (exact) mass is 430 g/mol. The van der Waals surface area contributed by atoms with Crippen LogP contribution in [0.5, 0.6) is 5.75 Å². The minimum absolute atomic E-state index is 0.203. The minimum Gasteiger partial charge on any atom is -0.492 e. The van der Waals surface area contributed by atoms with Crippen LogP contribution < -0.4 is 14.4 Å². The molecule has 0 saturated carbocycles. The first-order chi connectivity index (χ1) is 12.7. The molecule has 0 aliphatic rings. The fourth-order valence-corrected chi connectivity index (χ4v) is 3.43. The van der Waals surface area contributed by atoms with Gasteiger partial charge in [-0.1, -0.05) is 35.3 Å². The molecule has 0 spiro atoms. The van der Waals surface area contributed by atoms with Gasteiger partial charge in [0.05, 0.1) is 28.5 Å². The van der Waals surface area contributed by atoms with E-state index in [4.69, 9.17) is 27.9 Å². The summed E-state index contributed by atoms with van der Waals surface area (Å²) in [5.74, 6) is 0.247. The van der Waals surface area contributed by atoms with Crippen LogP contribution in [0.25, 0.3) is 0 Å². The topological polar surface area (TPSA) is 75.7 Å². The Morgan fingerprint density at radius 3 is 2.52 bits per heavy atom. The summed E-state index contributed by atoms with van der Waals surface area (Å²) in [6.07, 6.45) is 1.02. The third-order valence-corrected chi connectivity index (χ3v) is 5.44. The fraction of sp³-hybridized carbons (Fsp3) is 0.278. The Morgan fingerprint density at radius 2 is 1.89 bits per heavy atom. The molecule has 1 N–H and O–H groups in total. The van der Waals surface area contributed by atoms with Gasteiger partial charge in [-0.2, -0.15) is 0 Å². The molecule has 0 aliphatic heterocycles. The van der Waals surface area contributed by atoms with E-state index < -0.39 is 15.9 Å². The molecule has 0 aromatic heterocycles. The van der Waals surface area contributed by atoms with Crippen LogP contribution in [0.1, 0.15) is 5.56 Å². The van der Waals surface area contributed by atoms with Gasteiger partial charge in [0.25, 0.3) is 0 Å². The van der Waals surface area contributed by atoms with Crippen LogP contribution in [0.2, 0.25) is 10.0 Å². The molecule has 0 atom stereocenters. The molecule has 0 unspecified atom stereocenters. The molecule has 9 heteroatoms. The maximum Gasteiger partial charge on any atom is 0.240 e. The first-order valence-electron chi connectivity index (χ1n) is 8.06. The van der Waals surface area contributed by atoms with Crippen molar-refractivity contribution in [3.63, 3.8) is 0 Å². The van der Waals surface area contributed by atoms with Crippen molar-refractivity contribution in [3.8, 4) is 5.75 Å². The van der Waals surface area contributed by atoms with Gasteiger partial charge in [0.1, 0.15) is 18.9 Å². The second-order valence-electron chi connectivity index (χ2n) is 5.88. The highest BCUT2D eigenvalue weighted by molar-refractivity contribution is 7.92. The van der Waals surface area contributed by atoms with Gasteiger partial charge in [0.2, 0.25) is 15.9 Å². The van der Waals surface area contributed by atoms with Crippen molar-refractivity contribution >= 4 is 44.8 Å². The lowest BCUT2D eigenvalue weighted by Crippen LogP contribution is -2.41. The summed E-state index contributed by atoms with van der Waals surface area (Å²) in [4.78, 5) is 12.2. The smallest absolute Gasteiger partial charge is 0.240 e. The van der Waals surface area contributed by atoms with Crippen molar-refractivity contribution in [2.24, 2.45) is 0 Å². The lowest BCUT2D eigenvalue weighted by molar-refractivity contribution is -0.119. The Hall–Kier alpha value is -1.96. The standard InChI is InChI=1S/C18H20Cl2N2O4S/c1-13-4-3-5-15(10-13)26-9-8-21-18(23)12-22(27(2,24)25)14-6-7-16(19)17(20)11-14/h3-7,10-11H,8-9,12H2,1-2H3,(H,21,23). The van der Waals surface area contributed by atoms with Crippen molar-refractivity contribution < 1.29 is 17.9 Å². The van der Waals surface area contributed by atoms with Gasteiger partial charge >= 0.3 is 0 Å². The van der Waals surface area contributed by atoms with Crippen LogP contribution in [0, 0.1) is 6.92 Å². The Morgan fingerprint density at radius 1 is 1.15 bits per heavy atom. The van der Waals surface area contributed by atoms with Gasteiger partial charge in [-0.15, -0.1) is 0 Å². The predicted octanol–water partition coefficient (Wildman–Crippen LogP) is 3.26. The number of hydrogen-bond donors (Lipinski definition) is 1. The first kappa shape index (κ1) is 21.3. The van der Waals surface area contributed by atoms with E-state index in [-0.39, 0.29) is 30.4 Å². The number of aryl methyl sites for hydroxylation is 1. The molecule has 146 valence electrons. The zero-order chi connectivity index (χ0) is 20.0. The van der Waals surface area contributed by atoms with Gasteiger partial charge in [0, 0.05) is 0 Å². The summed E-state index contributed by atoms with van der Waals surface area (Å²) in [7, 11) is -3.68. The zero-order valence-corrected chi connectivity index (χ0v) is 17.2. The summed E-state index contributed by atoms with van der Waals surface area (Å²) in [6.45, 7) is 2.09. The second kappa shape index (κ2) is 9.30. The molecular weight excluding hydrogens is 411 g/mol. The minimum atomic E-state index is -3.68. The lowest BCUT2D eigenvalue weighted by atomic mass is 10.2. The van der Waals surface area contributed by atoms with Gasteiger partial charge in [-0.3, -0.25) is 9.10 Å². The Balaban J connectivity index is 1.93. The molecule has 0 saturated heterocycles. The van der Waals surface area contributed by atoms with Crippen LogP contribution in [0.15, 0.2) is 42.5 Å². The molecule has 2 rings (SSSR count). The van der Waals surface area contributed by atoms with Gasteiger partial charge in [-0.25, -0.2) is 8.42 Å². The molecule has 0 fully saturated rings. The van der Waals surface area contributed by atoms with Crippen LogP contribution >= 0.6 is 23.2 Å². The van der Waals surface area contributed by atoms with Crippen LogP contribution in [0.4, 0.5) is 5.69 Å². The quantitative estimate of drug-likeness (QED) is 0.651. The average Bonchev–Trinajstić information content (AvgIpc) is 2.58. The second-order valence-corrected chi connectivity index (χ2v) is 8.60. The van der Waals surface area contributed by atoms with E-state index in [0.29, 0.717) is 10.8 Å². The van der Waals surface area contributed by atoms with Crippen molar-refractivity contribution in [2.45, 2.75) is 6.92 Å². The summed E-state index contributed by atoms with van der Waals surface area (Å²) in [5, 5.41) is 3.14. The fourth-order valence-electron chi connectivity index (χ4n) is 2.29. The normalized spacial score (nSPS) is 11.1. The molecule has 0 bridgehead atoms. The maximum absolute atomic E-state index is 12.2. The average molecular weight is 431 g/mol. The van der Waals surface area contributed by atoms with E-state index in [1.54, 1.807) is 0 Å². The molecular formula is C18H20Cl2N2O4S. The molecule has 0 heterocycles. The summed E-state index contributed by atoms with van der Waals surface area (Å²) in [6, 6.07) is 11.9. The van der Waals surface area contributed by atoms with E-state index in [0.717, 1.165) is 16.1 Å². The Bertz CT molecular complexity index is 919. The lowest BCUT2D eigenvalue weighted by Gasteiger charge is -2.22. The number of rotatable bonds is 8. The zero-order valence-electron chi connectivity index (χ0n) is 14.9. The highest BCUT2D eigenvalue weighted by Crippen LogP contribution is 2.28. The molecule has 2 aromatic carbocycles. The van der Waals surface area contributed by atoms with Crippen molar-refractivity contribution in [1.29, 1.82) is 0 Å². The number of anilines is 1. The summed E-state index contributed by atoms with van der Waals surface area (Å²) < 4.78 is 30.6. The number of halogens is 2. The van der Waals surface area contributed by atoms with E-state index >= 15 is 0 Å². The summed E-state index contributed by atoms with van der Waals surface area (Å²) >= 11 is 11.8. The van der Waals surface area contributed by atoms with Crippen molar-refractivity contribution in [1.82, 2.24) is 5.32 Å². The van der Waals surface area contributed by atoms with Crippen molar-refractivity contribution in [2.75, 3.05) is 30.3 Å². The maximum atomic E-state index is 12.2. The van der Waals surface area contributed by atoms with Crippen LogP contribution in [-0.4, -0.2) is 40.3 Å². The Labute approximate surface area is 169 Å². The highest BCUT2D eigenvalue weighted by atomic mass is 35.5. The number of amides is 1. The summed E-state index contributed by atoms with van der Waals surface area (Å²) in [5.41, 5.74) is 1.33. The predicted molar refractivity (Wildman–Crippen MR) is 108 cm³/mol. The van der Waals surface area contributed by atoms with Gasteiger partial charge in [-0.05, 0) is 42.8 Å². The number of ether oxygens (including phenoxy) is 1. The van der Waals surface area contributed by atoms with E-state index in [9.17, 15) is 13.2 Å². The number of carbonyl (C=O) groups excluding carboxylic acids is 1. The number of nitrogens with zero attached hydrogens (tertiary/aromatic N) is 1. The molecule has 27 heavy (non-hydrogen) atoms. The number of benzene rings is 2. The number of nitrogens with one attached hydrogen (secondary N) is 1. The van der Waals surface area contributed by atoms with E-state index in [2.05, 4.69) is 5.32 Å².